The molecule has 0 saturated carbocycles. The van der Waals surface area contributed by atoms with E-state index in [1.54, 1.807) is 18.4 Å². The zero-order valence-corrected chi connectivity index (χ0v) is 17.7. The second-order valence-electron chi connectivity index (χ2n) is 6.84. The van der Waals surface area contributed by atoms with E-state index in [-0.39, 0.29) is 0 Å². The van der Waals surface area contributed by atoms with Gasteiger partial charge < -0.3 is 9.64 Å². The number of likely N-dealkylation sites (N-methyl/N-ethyl adjacent to an activating group) is 1. The Hall–Kier alpha value is -2.99. The molecule has 0 bridgehead atoms. The van der Waals surface area contributed by atoms with Crippen molar-refractivity contribution >= 4 is 27.4 Å². The van der Waals surface area contributed by atoms with Crippen LogP contribution < -0.4 is 9.64 Å². The van der Waals surface area contributed by atoms with Gasteiger partial charge in [0.15, 0.2) is 0 Å². The van der Waals surface area contributed by atoms with Gasteiger partial charge in [-0.05, 0) is 55.7 Å². The fourth-order valence-corrected chi connectivity index (χ4v) is 4.45. The van der Waals surface area contributed by atoms with Gasteiger partial charge in [-0.15, -0.1) is 11.3 Å². The van der Waals surface area contributed by atoms with E-state index in [2.05, 4.69) is 46.5 Å². The summed E-state index contributed by atoms with van der Waals surface area (Å²) >= 11 is 1.67. The summed E-state index contributed by atoms with van der Waals surface area (Å²) in [4.78, 5) is 17.0. The zero-order valence-electron chi connectivity index (χ0n) is 16.9. The van der Waals surface area contributed by atoms with Crippen LogP contribution in [0.25, 0.3) is 21.3 Å². The Kier molecular flexibility index (Phi) is 5.71. The number of pyridine rings is 1. The highest BCUT2D eigenvalue weighted by atomic mass is 32.1. The molecule has 0 saturated heterocycles. The number of anilines is 1. The number of aromatic nitrogens is 3. The Labute approximate surface area is 175 Å². The van der Waals surface area contributed by atoms with Crippen molar-refractivity contribution in [2.24, 2.45) is 0 Å². The number of methoxy groups -OCH3 is 1. The van der Waals surface area contributed by atoms with Crippen LogP contribution in [0.1, 0.15) is 18.3 Å². The lowest BCUT2D eigenvalue weighted by molar-refractivity contribution is 0.415. The summed E-state index contributed by atoms with van der Waals surface area (Å²) in [7, 11) is 1.69. The van der Waals surface area contributed by atoms with Crippen molar-refractivity contribution < 1.29 is 4.74 Å². The van der Waals surface area contributed by atoms with E-state index in [1.807, 2.05) is 31.5 Å². The van der Waals surface area contributed by atoms with Crippen LogP contribution in [0.3, 0.4) is 0 Å². The van der Waals surface area contributed by atoms with Crippen molar-refractivity contribution in [1.82, 2.24) is 15.0 Å². The third-order valence-corrected chi connectivity index (χ3v) is 5.90. The molecule has 4 aromatic rings. The maximum absolute atomic E-state index is 5.31. The van der Waals surface area contributed by atoms with Crippen LogP contribution in [0, 0.1) is 6.92 Å². The van der Waals surface area contributed by atoms with Crippen LogP contribution in [-0.4, -0.2) is 35.2 Å². The molecule has 5 nitrogen and oxygen atoms in total. The summed E-state index contributed by atoms with van der Waals surface area (Å²) in [5.41, 5.74) is 3.60. The molecule has 0 unspecified atom stereocenters. The normalized spacial score (nSPS) is 11.0. The summed E-state index contributed by atoms with van der Waals surface area (Å²) in [6.07, 6.45) is 4.64. The Morgan fingerprint density at radius 1 is 1.03 bits per heavy atom. The first-order chi connectivity index (χ1) is 14.2. The van der Waals surface area contributed by atoms with Crippen molar-refractivity contribution in [1.29, 1.82) is 0 Å². The summed E-state index contributed by atoms with van der Waals surface area (Å²) < 4.78 is 5.31. The molecule has 4 rings (SSSR count). The first-order valence-electron chi connectivity index (χ1n) is 9.73. The predicted molar refractivity (Wildman–Crippen MR) is 120 cm³/mol. The van der Waals surface area contributed by atoms with Crippen LogP contribution in [0.4, 0.5) is 5.82 Å². The van der Waals surface area contributed by atoms with Crippen LogP contribution in [-0.2, 0) is 6.42 Å². The number of hydrogen-bond donors (Lipinski definition) is 0. The SMILES string of the molecule is CCN(CCc1ccncc1)c1nc(C)nc2scc(-c3ccc(OC)cc3)c12. The number of thiophene rings is 1. The van der Waals surface area contributed by atoms with Gasteiger partial charge in [0, 0.05) is 36.4 Å². The van der Waals surface area contributed by atoms with E-state index >= 15 is 0 Å². The Balaban J connectivity index is 1.74. The van der Waals surface area contributed by atoms with E-state index in [0.29, 0.717) is 0 Å². The molecule has 0 aliphatic rings. The average molecular weight is 405 g/mol. The zero-order chi connectivity index (χ0) is 20.2. The first-order valence-corrected chi connectivity index (χ1v) is 10.6. The van der Waals surface area contributed by atoms with E-state index in [9.17, 15) is 0 Å². The summed E-state index contributed by atoms with van der Waals surface area (Å²) in [6.45, 7) is 5.92. The molecule has 0 radical (unpaired) electrons. The molecule has 0 atom stereocenters. The largest absolute Gasteiger partial charge is 0.497 e. The Morgan fingerprint density at radius 2 is 1.79 bits per heavy atom. The van der Waals surface area contributed by atoms with Gasteiger partial charge in [0.1, 0.15) is 22.2 Å². The summed E-state index contributed by atoms with van der Waals surface area (Å²) in [5, 5.41) is 3.31. The Morgan fingerprint density at radius 3 is 2.48 bits per heavy atom. The van der Waals surface area contributed by atoms with Crippen LogP contribution in [0.15, 0.2) is 54.2 Å². The lowest BCUT2D eigenvalue weighted by Crippen LogP contribution is -2.27. The van der Waals surface area contributed by atoms with Gasteiger partial charge in [-0.25, -0.2) is 9.97 Å². The van der Waals surface area contributed by atoms with Gasteiger partial charge in [-0.2, -0.15) is 0 Å². The third-order valence-electron chi connectivity index (χ3n) is 5.03. The molecule has 0 spiro atoms. The quantitative estimate of drug-likeness (QED) is 0.427. The standard InChI is InChI=1S/C23H24N4OS/c1-4-27(14-11-17-9-12-24-13-10-17)22-21-20(15-29-23(21)26-16(2)25-22)18-5-7-19(28-3)8-6-18/h5-10,12-13,15H,4,11,14H2,1-3H3. The average Bonchev–Trinajstić information content (AvgIpc) is 3.18. The van der Waals surface area contributed by atoms with Gasteiger partial charge in [0.05, 0.1) is 12.5 Å². The number of fused-ring (bicyclic) bond motifs is 1. The second-order valence-corrected chi connectivity index (χ2v) is 7.70. The van der Waals surface area contributed by atoms with Crippen molar-refractivity contribution in [3.8, 4) is 16.9 Å². The van der Waals surface area contributed by atoms with E-state index in [0.717, 1.165) is 52.7 Å². The van der Waals surface area contributed by atoms with Crippen LogP contribution in [0.2, 0.25) is 0 Å². The number of nitrogens with zero attached hydrogens (tertiary/aromatic N) is 4. The van der Waals surface area contributed by atoms with E-state index in [1.165, 1.54) is 11.1 Å². The minimum atomic E-state index is 0.804. The molecular formula is C23H24N4OS. The minimum Gasteiger partial charge on any atom is -0.497 e. The van der Waals surface area contributed by atoms with Gasteiger partial charge in [-0.3, -0.25) is 4.98 Å². The van der Waals surface area contributed by atoms with Crippen molar-refractivity contribution in [2.45, 2.75) is 20.3 Å². The molecule has 0 aliphatic carbocycles. The molecular weight excluding hydrogens is 380 g/mol. The van der Waals surface area contributed by atoms with E-state index < -0.39 is 0 Å². The highest BCUT2D eigenvalue weighted by Gasteiger charge is 2.18. The molecule has 1 aromatic carbocycles. The molecule has 29 heavy (non-hydrogen) atoms. The molecule has 0 aliphatic heterocycles. The van der Waals surface area contributed by atoms with Gasteiger partial charge in [-0.1, -0.05) is 12.1 Å². The van der Waals surface area contributed by atoms with Crippen LogP contribution >= 0.6 is 11.3 Å². The maximum atomic E-state index is 5.31. The van der Waals surface area contributed by atoms with Gasteiger partial charge in [0.2, 0.25) is 0 Å². The lowest BCUT2D eigenvalue weighted by atomic mass is 10.1. The Bertz CT molecular complexity index is 1090. The highest BCUT2D eigenvalue weighted by molar-refractivity contribution is 7.17. The van der Waals surface area contributed by atoms with Gasteiger partial charge in [0.25, 0.3) is 0 Å². The smallest absolute Gasteiger partial charge is 0.141 e. The monoisotopic (exact) mass is 404 g/mol. The number of aryl methyl sites for hydroxylation is 1. The molecule has 3 heterocycles. The number of hydrogen-bond acceptors (Lipinski definition) is 6. The molecule has 0 amide bonds. The molecule has 6 heteroatoms. The topological polar surface area (TPSA) is 51.1 Å². The molecule has 3 aromatic heterocycles. The van der Waals surface area contributed by atoms with Crippen molar-refractivity contribution in [2.75, 3.05) is 25.1 Å². The predicted octanol–water partition coefficient (Wildman–Crippen LogP) is 5.14. The number of ether oxygens (including phenoxy) is 1. The highest BCUT2D eigenvalue weighted by Crippen LogP contribution is 2.38. The fraction of sp³-hybridized carbons (Fsp3) is 0.261. The van der Waals surface area contributed by atoms with Crippen LogP contribution in [0.5, 0.6) is 5.75 Å². The number of benzene rings is 1. The molecule has 0 fully saturated rings. The van der Waals surface area contributed by atoms with Crippen molar-refractivity contribution in [3.05, 3.63) is 65.6 Å². The lowest BCUT2D eigenvalue weighted by Gasteiger charge is -2.23. The first kappa shape index (κ1) is 19.3. The third kappa shape index (κ3) is 4.07. The van der Waals surface area contributed by atoms with Crippen molar-refractivity contribution in [3.63, 3.8) is 0 Å². The van der Waals surface area contributed by atoms with Gasteiger partial charge >= 0.3 is 0 Å². The fourth-order valence-electron chi connectivity index (χ4n) is 3.47. The summed E-state index contributed by atoms with van der Waals surface area (Å²) in [6, 6.07) is 12.3. The number of rotatable bonds is 7. The summed E-state index contributed by atoms with van der Waals surface area (Å²) in [5.74, 6) is 2.67. The second kappa shape index (κ2) is 8.57. The maximum Gasteiger partial charge on any atom is 0.141 e. The van der Waals surface area contributed by atoms with E-state index in [4.69, 9.17) is 14.7 Å². The minimum absolute atomic E-state index is 0.804. The molecule has 0 N–H and O–H groups in total. The molecule has 148 valence electrons.